The lowest BCUT2D eigenvalue weighted by atomic mass is 9.99. The first-order chi connectivity index (χ1) is 15.6. The molecule has 0 fully saturated rings. The zero-order valence-electron chi connectivity index (χ0n) is 18.3. The molecule has 4 rings (SSSR count). The SMILES string of the molecule is CCCc1cc(-c2ccc(C(=N)N)cc2)ccc1OCCOc1ccc2ccccc2c1. The number of nitrogens with two attached hydrogens (primary N) is 1. The van der Waals surface area contributed by atoms with Crippen LogP contribution in [0.15, 0.2) is 84.9 Å². The van der Waals surface area contributed by atoms with Gasteiger partial charge in [0.05, 0.1) is 0 Å². The fourth-order valence-corrected chi connectivity index (χ4v) is 3.78. The van der Waals surface area contributed by atoms with E-state index in [0.717, 1.165) is 41.0 Å². The number of nitrogens with one attached hydrogen (secondary N) is 1. The van der Waals surface area contributed by atoms with E-state index in [1.54, 1.807) is 0 Å². The van der Waals surface area contributed by atoms with Crippen LogP contribution in [0.2, 0.25) is 0 Å². The number of benzene rings is 4. The van der Waals surface area contributed by atoms with Crippen LogP contribution in [0.3, 0.4) is 0 Å². The highest BCUT2D eigenvalue weighted by atomic mass is 16.5. The normalized spacial score (nSPS) is 10.8. The first-order valence-electron chi connectivity index (χ1n) is 11.0. The molecule has 0 spiro atoms. The monoisotopic (exact) mass is 424 g/mol. The first-order valence-corrected chi connectivity index (χ1v) is 11.0. The largest absolute Gasteiger partial charge is 0.490 e. The van der Waals surface area contributed by atoms with Crippen molar-refractivity contribution in [2.24, 2.45) is 5.73 Å². The van der Waals surface area contributed by atoms with Gasteiger partial charge in [0.25, 0.3) is 0 Å². The van der Waals surface area contributed by atoms with E-state index < -0.39 is 0 Å². The van der Waals surface area contributed by atoms with Gasteiger partial charge < -0.3 is 15.2 Å². The standard InChI is InChI=1S/C28H28N2O2/c1-2-5-25-18-24(21-8-10-22(11-9-21)28(29)30)13-15-27(25)32-17-16-31-26-14-12-20-6-3-4-7-23(20)19-26/h3-4,6-15,18-19H,2,5,16-17H2,1H3,(H3,29,30). The van der Waals surface area contributed by atoms with Gasteiger partial charge in [-0.2, -0.15) is 0 Å². The van der Waals surface area contributed by atoms with Gasteiger partial charge in [0.2, 0.25) is 0 Å². The molecule has 3 N–H and O–H groups in total. The molecule has 0 aliphatic carbocycles. The van der Waals surface area contributed by atoms with Crippen molar-refractivity contribution in [2.75, 3.05) is 13.2 Å². The molecule has 4 heteroatoms. The molecule has 162 valence electrons. The summed E-state index contributed by atoms with van der Waals surface area (Å²) in [5, 5.41) is 9.92. The molecule has 0 saturated heterocycles. The zero-order valence-corrected chi connectivity index (χ0v) is 18.3. The lowest BCUT2D eigenvalue weighted by molar-refractivity contribution is 0.216. The second-order valence-corrected chi connectivity index (χ2v) is 7.77. The van der Waals surface area contributed by atoms with Crippen LogP contribution in [0.1, 0.15) is 24.5 Å². The van der Waals surface area contributed by atoms with Crippen LogP contribution in [0, 0.1) is 5.41 Å². The van der Waals surface area contributed by atoms with E-state index in [1.165, 1.54) is 16.3 Å². The number of amidine groups is 1. The van der Waals surface area contributed by atoms with Crippen molar-refractivity contribution in [3.05, 3.63) is 96.1 Å². The van der Waals surface area contributed by atoms with Crippen molar-refractivity contribution in [1.82, 2.24) is 0 Å². The first kappa shape index (κ1) is 21.4. The molecular weight excluding hydrogens is 396 g/mol. The third kappa shape index (κ3) is 5.09. The van der Waals surface area contributed by atoms with Crippen molar-refractivity contribution < 1.29 is 9.47 Å². The quantitative estimate of drug-likeness (QED) is 0.191. The van der Waals surface area contributed by atoms with Crippen molar-refractivity contribution >= 4 is 16.6 Å². The molecule has 0 unspecified atom stereocenters. The van der Waals surface area contributed by atoms with Gasteiger partial charge in [0, 0.05) is 5.56 Å². The number of ether oxygens (including phenoxy) is 2. The Morgan fingerprint density at radius 2 is 1.50 bits per heavy atom. The minimum absolute atomic E-state index is 0.0814. The maximum atomic E-state index is 7.55. The number of hydrogen-bond acceptors (Lipinski definition) is 3. The van der Waals surface area contributed by atoms with E-state index in [-0.39, 0.29) is 5.84 Å². The Morgan fingerprint density at radius 3 is 2.25 bits per heavy atom. The van der Waals surface area contributed by atoms with Gasteiger partial charge in [-0.15, -0.1) is 0 Å². The van der Waals surface area contributed by atoms with Crippen LogP contribution in [-0.4, -0.2) is 19.0 Å². The van der Waals surface area contributed by atoms with Crippen LogP contribution in [0.5, 0.6) is 11.5 Å². The predicted octanol–water partition coefficient (Wildman–Crippen LogP) is 6.20. The van der Waals surface area contributed by atoms with Gasteiger partial charge in [-0.3, -0.25) is 5.41 Å². The summed E-state index contributed by atoms with van der Waals surface area (Å²) in [6.07, 6.45) is 1.98. The van der Waals surface area contributed by atoms with Crippen LogP contribution in [0.4, 0.5) is 0 Å². The van der Waals surface area contributed by atoms with E-state index in [9.17, 15) is 0 Å². The summed E-state index contributed by atoms with van der Waals surface area (Å²) in [6.45, 7) is 3.13. The minimum atomic E-state index is 0.0814. The lowest BCUT2D eigenvalue weighted by Crippen LogP contribution is -2.10. The molecule has 0 saturated carbocycles. The van der Waals surface area contributed by atoms with Crippen molar-refractivity contribution in [3.8, 4) is 22.6 Å². The number of nitrogen functional groups attached to an aromatic ring is 1. The number of fused-ring (bicyclic) bond motifs is 1. The summed E-state index contributed by atoms with van der Waals surface area (Å²) in [5.74, 6) is 1.83. The number of hydrogen-bond donors (Lipinski definition) is 2. The van der Waals surface area contributed by atoms with E-state index in [4.69, 9.17) is 20.6 Å². The van der Waals surface area contributed by atoms with E-state index in [2.05, 4.69) is 43.3 Å². The highest BCUT2D eigenvalue weighted by Gasteiger charge is 2.08. The summed E-state index contributed by atoms with van der Waals surface area (Å²) in [6, 6.07) is 28.4. The van der Waals surface area contributed by atoms with Gasteiger partial charge in [0.1, 0.15) is 30.5 Å². The Morgan fingerprint density at radius 1 is 0.781 bits per heavy atom. The highest BCUT2D eigenvalue weighted by molar-refractivity contribution is 5.95. The molecule has 4 aromatic carbocycles. The van der Waals surface area contributed by atoms with Crippen molar-refractivity contribution in [2.45, 2.75) is 19.8 Å². The van der Waals surface area contributed by atoms with E-state index in [1.807, 2.05) is 48.5 Å². The smallest absolute Gasteiger partial charge is 0.122 e. The summed E-state index contributed by atoms with van der Waals surface area (Å²) in [5.41, 5.74) is 9.70. The fraction of sp³-hybridized carbons (Fsp3) is 0.179. The van der Waals surface area contributed by atoms with E-state index >= 15 is 0 Å². The topological polar surface area (TPSA) is 68.3 Å². The summed E-state index contributed by atoms with van der Waals surface area (Å²) < 4.78 is 12.0. The van der Waals surface area contributed by atoms with Crippen LogP contribution < -0.4 is 15.2 Å². The molecule has 0 aliphatic rings. The van der Waals surface area contributed by atoms with Crippen LogP contribution in [-0.2, 0) is 6.42 Å². The van der Waals surface area contributed by atoms with Crippen LogP contribution in [0.25, 0.3) is 21.9 Å². The Balaban J connectivity index is 1.40. The summed E-state index contributed by atoms with van der Waals surface area (Å²) >= 11 is 0. The van der Waals surface area contributed by atoms with Gasteiger partial charge in [-0.25, -0.2) is 0 Å². The molecule has 0 bridgehead atoms. The van der Waals surface area contributed by atoms with Gasteiger partial charge in [0.15, 0.2) is 0 Å². The van der Waals surface area contributed by atoms with Crippen molar-refractivity contribution in [1.29, 1.82) is 5.41 Å². The molecule has 4 nitrogen and oxygen atoms in total. The van der Waals surface area contributed by atoms with Gasteiger partial charge in [-0.05, 0) is 58.1 Å². The second kappa shape index (κ2) is 10.0. The molecule has 0 aromatic heterocycles. The van der Waals surface area contributed by atoms with E-state index in [0.29, 0.717) is 13.2 Å². The lowest BCUT2D eigenvalue weighted by Gasteiger charge is -2.14. The molecular formula is C28H28N2O2. The zero-order chi connectivity index (χ0) is 22.3. The molecule has 0 aliphatic heterocycles. The maximum absolute atomic E-state index is 7.55. The highest BCUT2D eigenvalue weighted by Crippen LogP contribution is 2.28. The Labute approximate surface area is 189 Å². The Kier molecular flexibility index (Phi) is 6.71. The predicted molar refractivity (Wildman–Crippen MR) is 132 cm³/mol. The molecule has 0 radical (unpaired) electrons. The molecule has 0 heterocycles. The third-order valence-electron chi connectivity index (χ3n) is 5.44. The Hall–Kier alpha value is -3.79. The minimum Gasteiger partial charge on any atom is -0.490 e. The number of aryl methyl sites for hydroxylation is 1. The fourth-order valence-electron chi connectivity index (χ4n) is 3.78. The second-order valence-electron chi connectivity index (χ2n) is 7.77. The summed E-state index contributed by atoms with van der Waals surface area (Å²) in [7, 11) is 0. The molecule has 0 atom stereocenters. The maximum Gasteiger partial charge on any atom is 0.122 e. The third-order valence-corrected chi connectivity index (χ3v) is 5.44. The van der Waals surface area contributed by atoms with Gasteiger partial charge >= 0.3 is 0 Å². The molecule has 0 amide bonds. The molecule has 32 heavy (non-hydrogen) atoms. The molecule has 4 aromatic rings. The average molecular weight is 425 g/mol. The number of rotatable bonds is 9. The van der Waals surface area contributed by atoms with Crippen LogP contribution >= 0.6 is 0 Å². The Bertz CT molecular complexity index is 1220. The average Bonchev–Trinajstić information content (AvgIpc) is 2.82. The van der Waals surface area contributed by atoms with Crippen molar-refractivity contribution in [3.63, 3.8) is 0 Å². The van der Waals surface area contributed by atoms with Gasteiger partial charge in [-0.1, -0.05) is 74.0 Å². The summed E-state index contributed by atoms with van der Waals surface area (Å²) in [4.78, 5) is 0.